The third-order valence-corrected chi connectivity index (χ3v) is 5.03. The van der Waals surface area contributed by atoms with Crippen molar-refractivity contribution in [3.63, 3.8) is 0 Å². The van der Waals surface area contributed by atoms with Crippen molar-refractivity contribution in [1.82, 2.24) is 15.1 Å². The molecular weight excluding hydrogens is 262 g/mol. The molecule has 4 heteroatoms. The van der Waals surface area contributed by atoms with E-state index in [-0.39, 0.29) is 6.04 Å². The first-order valence-corrected chi connectivity index (χ1v) is 8.87. The van der Waals surface area contributed by atoms with Crippen molar-refractivity contribution in [2.75, 3.05) is 26.2 Å². The molecule has 0 aromatic rings. The van der Waals surface area contributed by atoms with Crippen LogP contribution in [-0.4, -0.2) is 60.0 Å². The topological polar surface area (TPSA) is 35.6 Å². The quantitative estimate of drug-likeness (QED) is 0.845. The molecule has 122 valence electrons. The van der Waals surface area contributed by atoms with Crippen LogP contribution in [0.25, 0.3) is 0 Å². The Labute approximate surface area is 130 Å². The van der Waals surface area contributed by atoms with Crippen molar-refractivity contribution < 1.29 is 4.79 Å². The fraction of sp³-hybridized carbons (Fsp3) is 0.941. The Morgan fingerprint density at radius 3 is 2.43 bits per heavy atom. The minimum atomic E-state index is 0.00632. The summed E-state index contributed by atoms with van der Waals surface area (Å²) in [6.07, 6.45) is 7.47. The first-order chi connectivity index (χ1) is 10.1. The monoisotopic (exact) mass is 295 g/mol. The number of carbonyl (C=O) groups excluding carboxylic acids is 1. The van der Waals surface area contributed by atoms with Gasteiger partial charge in [0.25, 0.3) is 0 Å². The number of hydrogen-bond acceptors (Lipinski definition) is 3. The Balaban J connectivity index is 1.93. The minimum absolute atomic E-state index is 0.00632. The fourth-order valence-electron chi connectivity index (χ4n) is 3.67. The Kier molecular flexibility index (Phi) is 6.49. The van der Waals surface area contributed by atoms with E-state index in [9.17, 15) is 4.79 Å². The van der Waals surface area contributed by atoms with E-state index in [0.29, 0.717) is 18.0 Å². The third-order valence-electron chi connectivity index (χ3n) is 5.03. The summed E-state index contributed by atoms with van der Waals surface area (Å²) in [7, 11) is 0. The number of rotatable bonds is 5. The van der Waals surface area contributed by atoms with E-state index in [2.05, 4.69) is 35.9 Å². The summed E-state index contributed by atoms with van der Waals surface area (Å²) in [5.41, 5.74) is 0. The first-order valence-electron chi connectivity index (χ1n) is 8.87. The maximum absolute atomic E-state index is 12.7. The lowest BCUT2D eigenvalue weighted by atomic mass is 10.0. The van der Waals surface area contributed by atoms with Gasteiger partial charge in [0.2, 0.25) is 5.91 Å². The fourth-order valence-corrected chi connectivity index (χ4v) is 3.67. The largest absolute Gasteiger partial charge is 0.341 e. The molecule has 0 saturated carbocycles. The molecule has 2 atom stereocenters. The van der Waals surface area contributed by atoms with Gasteiger partial charge in [0, 0.05) is 31.7 Å². The van der Waals surface area contributed by atoms with Gasteiger partial charge in [-0.2, -0.15) is 0 Å². The summed E-state index contributed by atoms with van der Waals surface area (Å²) in [6.45, 7) is 10.6. The minimum Gasteiger partial charge on any atom is -0.341 e. The van der Waals surface area contributed by atoms with Crippen LogP contribution in [-0.2, 0) is 4.79 Å². The van der Waals surface area contributed by atoms with E-state index in [1.807, 2.05) is 0 Å². The highest BCUT2D eigenvalue weighted by Crippen LogP contribution is 2.16. The molecule has 1 N–H and O–H groups in total. The lowest BCUT2D eigenvalue weighted by Crippen LogP contribution is -2.54. The summed E-state index contributed by atoms with van der Waals surface area (Å²) in [5.74, 6) is 0.333. The Bertz CT molecular complexity index is 320. The van der Waals surface area contributed by atoms with Crippen LogP contribution in [0.2, 0.25) is 0 Å². The van der Waals surface area contributed by atoms with Gasteiger partial charge in [0.1, 0.15) is 0 Å². The maximum Gasteiger partial charge on any atom is 0.239 e. The number of nitrogens with zero attached hydrogens (tertiary/aromatic N) is 2. The van der Waals surface area contributed by atoms with Crippen LogP contribution in [0.15, 0.2) is 0 Å². The summed E-state index contributed by atoms with van der Waals surface area (Å²) in [6, 6.07) is 0.974. The van der Waals surface area contributed by atoms with Crippen LogP contribution in [0.1, 0.15) is 59.3 Å². The Morgan fingerprint density at radius 2 is 1.86 bits per heavy atom. The van der Waals surface area contributed by atoms with Crippen LogP contribution in [0, 0.1) is 0 Å². The predicted molar refractivity (Wildman–Crippen MR) is 87.4 cm³/mol. The smallest absolute Gasteiger partial charge is 0.239 e. The molecule has 0 aromatic carbocycles. The molecule has 2 saturated heterocycles. The highest BCUT2D eigenvalue weighted by Gasteiger charge is 2.30. The van der Waals surface area contributed by atoms with Crippen molar-refractivity contribution in [2.45, 2.75) is 77.4 Å². The SMILES string of the molecule is CC(C)N(CC1CCCCN1)C(C)C(=O)N1CCCCC1. The summed E-state index contributed by atoms with van der Waals surface area (Å²) < 4.78 is 0. The zero-order valence-electron chi connectivity index (χ0n) is 14.1. The second kappa shape index (κ2) is 8.14. The van der Waals surface area contributed by atoms with Crippen molar-refractivity contribution in [3.05, 3.63) is 0 Å². The first kappa shape index (κ1) is 16.8. The van der Waals surface area contributed by atoms with Gasteiger partial charge in [0.15, 0.2) is 0 Å². The van der Waals surface area contributed by atoms with Crippen LogP contribution in [0.5, 0.6) is 0 Å². The molecule has 0 radical (unpaired) electrons. The number of carbonyl (C=O) groups is 1. The average Bonchev–Trinajstić information content (AvgIpc) is 2.53. The van der Waals surface area contributed by atoms with Crippen LogP contribution < -0.4 is 5.32 Å². The van der Waals surface area contributed by atoms with Gasteiger partial charge in [-0.15, -0.1) is 0 Å². The van der Waals surface area contributed by atoms with Crippen LogP contribution in [0.3, 0.4) is 0 Å². The molecule has 2 heterocycles. The van der Waals surface area contributed by atoms with Crippen LogP contribution >= 0.6 is 0 Å². The molecule has 0 bridgehead atoms. The van der Waals surface area contributed by atoms with Gasteiger partial charge in [-0.05, 0) is 59.4 Å². The van der Waals surface area contributed by atoms with Crippen molar-refractivity contribution in [3.8, 4) is 0 Å². The average molecular weight is 295 g/mol. The molecular formula is C17H33N3O. The van der Waals surface area contributed by atoms with E-state index in [4.69, 9.17) is 0 Å². The van der Waals surface area contributed by atoms with Crippen molar-refractivity contribution in [1.29, 1.82) is 0 Å². The van der Waals surface area contributed by atoms with Gasteiger partial charge in [-0.25, -0.2) is 0 Å². The van der Waals surface area contributed by atoms with Gasteiger partial charge < -0.3 is 10.2 Å². The van der Waals surface area contributed by atoms with E-state index < -0.39 is 0 Å². The normalized spacial score (nSPS) is 25.4. The molecule has 2 unspecified atom stereocenters. The highest BCUT2D eigenvalue weighted by atomic mass is 16.2. The molecule has 1 amide bonds. The molecule has 2 aliphatic heterocycles. The third kappa shape index (κ3) is 4.68. The number of nitrogens with one attached hydrogen (secondary N) is 1. The molecule has 2 aliphatic rings. The van der Waals surface area contributed by atoms with E-state index in [1.165, 1.54) is 38.5 Å². The molecule has 0 spiro atoms. The zero-order chi connectivity index (χ0) is 15.2. The molecule has 0 aliphatic carbocycles. The highest BCUT2D eigenvalue weighted by molar-refractivity contribution is 5.81. The molecule has 0 aromatic heterocycles. The van der Waals surface area contributed by atoms with Gasteiger partial charge in [0.05, 0.1) is 6.04 Å². The molecule has 4 nitrogen and oxygen atoms in total. The van der Waals surface area contributed by atoms with Gasteiger partial charge in [-0.1, -0.05) is 6.42 Å². The number of piperidine rings is 2. The summed E-state index contributed by atoms with van der Waals surface area (Å²) in [4.78, 5) is 17.2. The second-order valence-electron chi connectivity index (χ2n) is 7.00. The maximum atomic E-state index is 12.7. The van der Waals surface area contributed by atoms with Gasteiger partial charge >= 0.3 is 0 Å². The van der Waals surface area contributed by atoms with Crippen molar-refractivity contribution in [2.24, 2.45) is 0 Å². The van der Waals surface area contributed by atoms with E-state index in [1.54, 1.807) is 0 Å². The standard InChI is InChI=1S/C17H33N3O/c1-14(2)20(13-16-9-5-6-10-18-16)15(3)17(21)19-11-7-4-8-12-19/h14-16,18H,4-13H2,1-3H3. The van der Waals surface area contributed by atoms with E-state index >= 15 is 0 Å². The van der Waals surface area contributed by atoms with Crippen LogP contribution in [0.4, 0.5) is 0 Å². The molecule has 2 rings (SSSR count). The van der Waals surface area contributed by atoms with Crippen molar-refractivity contribution >= 4 is 5.91 Å². The predicted octanol–water partition coefficient (Wildman–Crippen LogP) is 2.24. The summed E-state index contributed by atoms with van der Waals surface area (Å²) >= 11 is 0. The molecule has 21 heavy (non-hydrogen) atoms. The van der Waals surface area contributed by atoms with E-state index in [0.717, 1.165) is 26.2 Å². The summed E-state index contributed by atoms with van der Waals surface area (Å²) in [5, 5.41) is 3.61. The Morgan fingerprint density at radius 1 is 1.14 bits per heavy atom. The molecule has 2 fully saturated rings. The zero-order valence-corrected chi connectivity index (χ0v) is 14.1. The number of amides is 1. The Hall–Kier alpha value is -0.610. The lowest BCUT2D eigenvalue weighted by Gasteiger charge is -2.39. The second-order valence-corrected chi connectivity index (χ2v) is 7.00. The number of likely N-dealkylation sites (tertiary alicyclic amines) is 1. The lowest BCUT2D eigenvalue weighted by molar-refractivity contribution is -0.138. The number of hydrogen-bond donors (Lipinski definition) is 1. The van der Waals surface area contributed by atoms with Gasteiger partial charge in [-0.3, -0.25) is 9.69 Å².